The highest BCUT2D eigenvalue weighted by atomic mass is 35.5. The normalized spacial score (nSPS) is 11.2. The van der Waals surface area contributed by atoms with E-state index in [1.165, 1.54) is 26.4 Å². The molecule has 0 aliphatic carbocycles. The maximum absolute atomic E-state index is 12.8. The van der Waals surface area contributed by atoms with Crippen molar-refractivity contribution in [3.05, 3.63) is 59.6 Å². The third-order valence-corrected chi connectivity index (χ3v) is 5.89. The Kier molecular flexibility index (Phi) is 6.38. The Labute approximate surface area is 180 Å². The minimum Gasteiger partial charge on any atom is -0.495 e. The van der Waals surface area contributed by atoms with Gasteiger partial charge < -0.3 is 14.8 Å². The molecule has 3 aromatic rings. The number of nitrogens with one attached hydrogen (secondary N) is 1. The van der Waals surface area contributed by atoms with Crippen molar-refractivity contribution < 1.29 is 22.7 Å². The van der Waals surface area contributed by atoms with Crippen LogP contribution in [0.4, 0.5) is 11.4 Å². The number of ether oxygens (including phenoxy) is 2. The van der Waals surface area contributed by atoms with Crippen LogP contribution in [0.1, 0.15) is 0 Å². The van der Waals surface area contributed by atoms with Gasteiger partial charge in [0.1, 0.15) is 18.0 Å². The lowest BCUT2D eigenvalue weighted by atomic mass is 10.1. The first-order chi connectivity index (χ1) is 14.2. The van der Waals surface area contributed by atoms with Gasteiger partial charge in [0.15, 0.2) is 0 Å². The van der Waals surface area contributed by atoms with Crippen molar-refractivity contribution in [3.8, 4) is 11.5 Å². The van der Waals surface area contributed by atoms with Crippen LogP contribution in [0.5, 0.6) is 11.5 Å². The van der Waals surface area contributed by atoms with Crippen molar-refractivity contribution in [2.45, 2.75) is 0 Å². The van der Waals surface area contributed by atoms with Gasteiger partial charge in [-0.3, -0.25) is 9.10 Å². The fourth-order valence-corrected chi connectivity index (χ4v) is 4.18. The first kappa shape index (κ1) is 21.7. The molecule has 0 unspecified atom stereocenters. The Hall–Kier alpha value is -2.97. The molecule has 30 heavy (non-hydrogen) atoms. The Balaban J connectivity index is 1.95. The molecule has 1 amide bonds. The van der Waals surface area contributed by atoms with Crippen LogP contribution in [-0.2, 0) is 14.8 Å². The van der Waals surface area contributed by atoms with Crippen LogP contribution in [0, 0.1) is 0 Å². The SMILES string of the molecule is COc1cc(NC(=O)CN(c2cccc3ccccc23)S(C)(=O)=O)c(OC)cc1Cl. The van der Waals surface area contributed by atoms with E-state index in [-0.39, 0.29) is 0 Å². The number of rotatable bonds is 7. The van der Waals surface area contributed by atoms with E-state index in [1.807, 2.05) is 30.3 Å². The smallest absolute Gasteiger partial charge is 0.245 e. The van der Waals surface area contributed by atoms with E-state index in [4.69, 9.17) is 21.1 Å². The average molecular weight is 449 g/mol. The predicted octanol–water partition coefficient (Wildman–Crippen LogP) is 3.92. The van der Waals surface area contributed by atoms with Gasteiger partial charge in [-0.25, -0.2) is 8.42 Å². The number of carbonyl (C=O) groups is 1. The van der Waals surface area contributed by atoms with Crippen LogP contribution in [0.25, 0.3) is 10.8 Å². The number of amides is 1. The summed E-state index contributed by atoms with van der Waals surface area (Å²) < 4.78 is 36.5. The van der Waals surface area contributed by atoms with E-state index in [0.717, 1.165) is 21.3 Å². The highest BCUT2D eigenvalue weighted by molar-refractivity contribution is 7.92. The summed E-state index contributed by atoms with van der Waals surface area (Å²) in [6.45, 7) is -0.416. The fourth-order valence-electron chi connectivity index (χ4n) is 3.09. The second kappa shape index (κ2) is 8.81. The monoisotopic (exact) mass is 448 g/mol. The molecule has 0 aromatic heterocycles. The van der Waals surface area contributed by atoms with Gasteiger partial charge in [-0.05, 0) is 11.5 Å². The minimum atomic E-state index is -3.74. The molecule has 0 atom stereocenters. The van der Waals surface area contributed by atoms with Gasteiger partial charge in [0.05, 0.1) is 36.9 Å². The number of halogens is 1. The van der Waals surface area contributed by atoms with Crippen LogP contribution < -0.4 is 19.1 Å². The van der Waals surface area contributed by atoms with Gasteiger partial charge in [-0.2, -0.15) is 0 Å². The van der Waals surface area contributed by atoms with Gasteiger partial charge in [-0.1, -0.05) is 48.0 Å². The molecule has 0 fully saturated rings. The van der Waals surface area contributed by atoms with Crippen LogP contribution in [0.2, 0.25) is 5.02 Å². The molecular formula is C21H21ClN2O5S. The van der Waals surface area contributed by atoms with Gasteiger partial charge in [0.2, 0.25) is 15.9 Å². The summed E-state index contributed by atoms with van der Waals surface area (Å²) in [6, 6.07) is 15.7. The van der Waals surface area contributed by atoms with Gasteiger partial charge in [-0.15, -0.1) is 0 Å². The van der Waals surface area contributed by atoms with E-state index in [2.05, 4.69) is 5.32 Å². The van der Waals surface area contributed by atoms with E-state index < -0.39 is 22.5 Å². The van der Waals surface area contributed by atoms with Crippen molar-refractivity contribution in [2.24, 2.45) is 0 Å². The molecule has 3 rings (SSSR count). The van der Waals surface area contributed by atoms with E-state index in [1.54, 1.807) is 12.1 Å². The number of fused-ring (bicyclic) bond motifs is 1. The van der Waals surface area contributed by atoms with Crippen molar-refractivity contribution >= 4 is 49.7 Å². The Morgan fingerprint density at radius 1 is 1.03 bits per heavy atom. The summed E-state index contributed by atoms with van der Waals surface area (Å²) in [6.07, 6.45) is 1.06. The van der Waals surface area contributed by atoms with E-state index in [9.17, 15) is 13.2 Å². The molecule has 0 saturated heterocycles. The zero-order valence-corrected chi connectivity index (χ0v) is 18.3. The highest BCUT2D eigenvalue weighted by Crippen LogP contribution is 2.36. The molecule has 0 saturated carbocycles. The third kappa shape index (κ3) is 4.60. The molecule has 9 heteroatoms. The molecule has 0 bridgehead atoms. The topological polar surface area (TPSA) is 84.9 Å². The van der Waals surface area contributed by atoms with Crippen molar-refractivity contribution in [3.63, 3.8) is 0 Å². The number of hydrogen-bond acceptors (Lipinski definition) is 5. The van der Waals surface area contributed by atoms with Crippen LogP contribution in [0.15, 0.2) is 54.6 Å². The van der Waals surface area contributed by atoms with Gasteiger partial charge in [0.25, 0.3) is 0 Å². The largest absolute Gasteiger partial charge is 0.495 e. The summed E-state index contributed by atoms with van der Waals surface area (Å²) >= 11 is 6.09. The molecule has 0 heterocycles. The van der Waals surface area contributed by atoms with Crippen molar-refractivity contribution in [1.82, 2.24) is 0 Å². The summed E-state index contributed by atoms with van der Waals surface area (Å²) in [5, 5.41) is 4.59. The number of methoxy groups -OCH3 is 2. The van der Waals surface area contributed by atoms with Gasteiger partial charge in [0, 0.05) is 17.5 Å². The molecule has 0 aliphatic heterocycles. The number of nitrogens with zero attached hydrogens (tertiary/aromatic N) is 1. The summed E-state index contributed by atoms with van der Waals surface area (Å²) in [7, 11) is -0.850. The molecule has 1 N–H and O–H groups in total. The zero-order chi connectivity index (χ0) is 21.9. The van der Waals surface area contributed by atoms with Crippen molar-refractivity contribution in [2.75, 3.05) is 36.6 Å². The number of carbonyl (C=O) groups excluding carboxylic acids is 1. The molecule has 0 aliphatic rings. The lowest BCUT2D eigenvalue weighted by Crippen LogP contribution is -2.37. The highest BCUT2D eigenvalue weighted by Gasteiger charge is 2.23. The predicted molar refractivity (Wildman–Crippen MR) is 119 cm³/mol. The number of hydrogen-bond donors (Lipinski definition) is 1. The molecule has 7 nitrogen and oxygen atoms in total. The Bertz CT molecular complexity index is 1190. The third-order valence-electron chi connectivity index (χ3n) is 4.47. The number of anilines is 2. The Morgan fingerprint density at radius 3 is 2.37 bits per heavy atom. The molecule has 0 spiro atoms. The van der Waals surface area contributed by atoms with E-state index >= 15 is 0 Å². The fraction of sp³-hybridized carbons (Fsp3) is 0.190. The first-order valence-corrected chi connectivity index (χ1v) is 11.1. The second-order valence-electron chi connectivity index (χ2n) is 6.50. The number of sulfonamides is 1. The lowest BCUT2D eigenvalue weighted by molar-refractivity contribution is -0.114. The first-order valence-electron chi connectivity index (χ1n) is 8.91. The van der Waals surface area contributed by atoms with Gasteiger partial charge >= 0.3 is 0 Å². The van der Waals surface area contributed by atoms with Crippen LogP contribution in [0.3, 0.4) is 0 Å². The van der Waals surface area contributed by atoms with Crippen LogP contribution in [-0.4, -0.2) is 41.3 Å². The minimum absolute atomic E-state index is 0.315. The number of benzene rings is 3. The maximum Gasteiger partial charge on any atom is 0.245 e. The van der Waals surface area contributed by atoms with E-state index in [0.29, 0.717) is 27.9 Å². The van der Waals surface area contributed by atoms with Crippen molar-refractivity contribution in [1.29, 1.82) is 0 Å². The summed E-state index contributed by atoms with van der Waals surface area (Å²) in [5.74, 6) is 0.128. The maximum atomic E-state index is 12.8. The van der Waals surface area contributed by atoms with Crippen LogP contribution >= 0.6 is 11.6 Å². The average Bonchev–Trinajstić information content (AvgIpc) is 2.71. The molecule has 0 radical (unpaired) electrons. The standard InChI is InChI=1S/C21H21ClN2O5S/c1-28-19-12-17(20(29-2)11-16(19)22)23-21(25)13-24(30(3,26)27)18-10-6-8-14-7-4-5-9-15(14)18/h4-12H,13H2,1-3H3,(H,23,25). The quantitative estimate of drug-likeness (QED) is 0.592. The molecule has 3 aromatic carbocycles. The second-order valence-corrected chi connectivity index (χ2v) is 8.82. The molecular weight excluding hydrogens is 428 g/mol. The lowest BCUT2D eigenvalue weighted by Gasteiger charge is -2.23. The summed E-state index contributed by atoms with van der Waals surface area (Å²) in [5.41, 5.74) is 0.738. The Morgan fingerprint density at radius 2 is 1.70 bits per heavy atom. The molecule has 158 valence electrons. The zero-order valence-electron chi connectivity index (χ0n) is 16.7. The summed E-state index contributed by atoms with van der Waals surface area (Å²) in [4.78, 5) is 12.8.